The number of anilines is 1. The highest BCUT2D eigenvalue weighted by molar-refractivity contribution is 6.00. The fourth-order valence-corrected chi connectivity index (χ4v) is 4.30. The zero-order chi connectivity index (χ0) is 21.8. The zero-order valence-corrected chi connectivity index (χ0v) is 17.9. The maximum absolute atomic E-state index is 10.6. The molecule has 1 atom stereocenters. The van der Waals surface area contributed by atoms with E-state index in [4.69, 9.17) is 4.74 Å². The average molecular weight is 430 g/mol. The average Bonchev–Trinajstić information content (AvgIpc) is 3.39. The topological polar surface area (TPSA) is 77.5 Å². The third-order valence-corrected chi connectivity index (χ3v) is 5.94. The molecule has 32 heavy (non-hydrogen) atoms. The summed E-state index contributed by atoms with van der Waals surface area (Å²) in [7, 11) is 0. The SMILES string of the molecule is OC(COc1ccc(-c2ccccc2)c2ccccc12)CN1CCN(c2ncn[nH]2)CC1. The Bertz CT molecular complexity index is 1140. The minimum atomic E-state index is -0.556. The lowest BCUT2D eigenvalue weighted by Crippen LogP contribution is -2.49. The van der Waals surface area contributed by atoms with Gasteiger partial charge in [-0.2, -0.15) is 10.1 Å². The van der Waals surface area contributed by atoms with Crippen LogP contribution in [0.15, 0.2) is 73.1 Å². The summed E-state index contributed by atoms with van der Waals surface area (Å²) in [4.78, 5) is 8.65. The summed E-state index contributed by atoms with van der Waals surface area (Å²) < 4.78 is 6.08. The van der Waals surface area contributed by atoms with Gasteiger partial charge in [0.05, 0.1) is 0 Å². The number of ether oxygens (including phenoxy) is 1. The van der Waals surface area contributed by atoms with Crippen LogP contribution in [0.1, 0.15) is 0 Å². The molecular weight excluding hydrogens is 402 g/mol. The van der Waals surface area contributed by atoms with Crippen molar-refractivity contribution in [1.82, 2.24) is 20.1 Å². The number of benzene rings is 3. The molecule has 3 aromatic carbocycles. The van der Waals surface area contributed by atoms with E-state index in [1.165, 1.54) is 17.5 Å². The molecule has 1 unspecified atom stereocenters. The molecule has 7 nitrogen and oxygen atoms in total. The third-order valence-electron chi connectivity index (χ3n) is 5.94. The number of nitrogens with one attached hydrogen (secondary N) is 1. The second-order valence-electron chi connectivity index (χ2n) is 8.08. The van der Waals surface area contributed by atoms with Crippen molar-refractivity contribution >= 4 is 16.7 Å². The van der Waals surface area contributed by atoms with Crippen LogP contribution in [-0.2, 0) is 0 Å². The molecule has 0 spiro atoms. The minimum Gasteiger partial charge on any atom is -0.490 e. The number of nitrogens with zero attached hydrogens (tertiary/aromatic N) is 4. The van der Waals surface area contributed by atoms with E-state index >= 15 is 0 Å². The van der Waals surface area contributed by atoms with Gasteiger partial charge in [0.15, 0.2) is 0 Å². The number of hydrogen-bond acceptors (Lipinski definition) is 6. The first kappa shape index (κ1) is 20.5. The Morgan fingerprint density at radius 1 is 0.906 bits per heavy atom. The van der Waals surface area contributed by atoms with E-state index in [1.54, 1.807) is 0 Å². The number of aromatic nitrogens is 3. The first-order valence-electron chi connectivity index (χ1n) is 11.0. The van der Waals surface area contributed by atoms with E-state index in [2.05, 4.69) is 67.4 Å². The summed E-state index contributed by atoms with van der Waals surface area (Å²) in [6, 6.07) is 22.7. The van der Waals surface area contributed by atoms with Crippen molar-refractivity contribution in [2.75, 3.05) is 44.2 Å². The van der Waals surface area contributed by atoms with Crippen molar-refractivity contribution in [3.05, 3.63) is 73.1 Å². The third kappa shape index (κ3) is 4.44. The normalized spacial score (nSPS) is 15.7. The molecule has 5 rings (SSSR count). The molecule has 164 valence electrons. The van der Waals surface area contributed by atoms with Crippen molar-refractivity contribution in [1.29, 1.82) is 0 Å². The van der Waals surface area contributed by atoms with Gasteiger partial charge in [-0.15, -0.1) is 0 Å². The maximum atomic E-state index is 10.6. The molecule has 1 aliphatic heterocycles. The first-order valence-corrected chi connectivity index (χ1v) is 11.0. The predicted octanol–water partition coefficient (Wildman–Crippen LogP) is 3.19. The Morgan fingerprint density at radius 2 is 1.66 bits per heavy atom. The highest BCUT2D eigenvalue weighted by Gasteiger charge is 2.21. The van der Waals surface area contributed by atoms with Crippen LogP contribution in [0.4, 0.5) is 5.95 Å². The van der Waals surface area contributed by atoms with Crippen LogP contribution in [0.3, 0.4) is 0 Å². The van der Waals surface area contributed by atoms with Crippen LogP contribution < -0.4 is 9.64 Å². The van der Waals surface area contributed by atoms with E-state index < -0.39 is 6.10 Å². The number of aromatic amines is 1. The van der Waals surface area contributed by atoms with Gasteiger partial charge in [0.25, 0.3) is 0 Å². The van der Waals surface area contributed by atoms with E-state index in [9.17, 15) is 5.11 Å². The number of H-pyrrole nitrogens is 1. The van der Waals surface area contributed by atoms with E-state index in [1.807, 2.05) is 24.3 Å². The Balaban J connectivity index is 1.21. The highest BCUT2D eigenvalue weighted by atomic mass is 16.5. The number of β-amino-alcohol motifs (C(OH)–C–C–N with tert-alkyl or cyclic N) is 1. The molecule has 1 fully saturated rings. The van der Waals surface area contributed by atoms with Gasteiger partial charge >= 0.3 is 0 Å². The molecule has 0 bridgehead atoms. The number of hydrogen-bond donors (Lipinski definition) is 2. The fraction of sp³-hybridized carbons (Fsp3) is 0.280. The van der Waals surface area contributed by atoms with Gasteiger partial charge in [-0.05, 0) is 22.6 Å². The second-order valence-corrected chi connectivity index (χ2v) is 8.08. The quantitative estimate of drug-likeness (QED) is 0.470. The van der Waals surface area contributed by atoms with Crippen molar-refractivity contribution in [3.8, 4) is 16.9 Å². The standard InChI is InChI=1S/C25H27N5O2/c31-20(16-29-12-14-30(15-13-29)25-26-18-27-28-25)17-32-24-11-10-21(19-6-2-1-3-7-19)22-8-4-5-9-23(22)24/h1-11,18,20,31H,12-17H2,(H,26,27,28). The molecule has 1 aliphatic rings. The molecule has 2 N–H and O–H groups in total. The summed E-state index contributed by atoms with van der Waals surface area (Å²) in [5.74, 6) is 1.61. The predicted molar refractivity (Wildman–Crippen MR) is 126 cm³/mol. The molecule has 0 amide bonds. The van der Waals surface area contributed by atoms with Gasteiger partial charge in [-0.1, -0.05) is 60.7 Å². The molecule has 0 saturated carbocycles. The summed E-state index contributed by atoms with van der Waals surface area (Å²) in [6.07, 6.45) is 0.971. The zero-order valence-electron chi connectivity index (χ0n) is 17.9. The number of aliphatic hydroxyl groups excluding tert-OH is 1. The van der Waals surface area contributed by atoms with E-state index in [0.29, 0.717) is 6.54 Å². The van der Waals surface area contributed by atoms with E-state index in [0.717, 1.165) is 48.6 Å². The van der Waals surface area contributed by atoms with Crippen molar-refractivity contribution < 1.29 is 9.84 Å². The van der Waals surface area contributed by atoms with Crippen LogP contribution in [0.2, 0.25) is 0 Å². The molecular formula is C25H27N5O2. The molecule has 1 aromatic heterocycles. The fourth-order valence-electron chi connectivity index (χ4n) is 4.30. The smallest absolute Gasteiger partial charge is 0.221 e. The van der Waals surface area contributed by atoms with Gasteiger partial charge in [0.2, 0.25) is 5.95 Å². The van der Waals surface area contributed by atoms with Crippen molar-refractivity contribution in [2.24, 2.45) is 0 Å². The van der Waals surface area contributed by atoms with Gasteiger partial charge in [-0.3, -0.25) is 4.90 Å². The maximum Gasteiger partial charge on any atom is 0.221 e. The Morgan fingerprint density at radius 3 is 2.41 bits per heavy atom. The minimum absolute atomic E-state index is 0.261. The largest absolute Gasteiger partial charge is 0.490 e. The van der Waals surface area contributed by atoms with E-state index in [-0.39, 0.29) is 6.61 Å². The number of piperazine rings is 1. The van der Waals surface area contributed by atoms with Gasteiger partial charge in [0, 0.05) is 38.1 Å². The number of aliphatic hydroxyl groups is 1. The monoisotopic (exact) mass is 429 g/mol. The van der Waals surface area contributed by atoms with Gasteiger partial charge < -0.3 is 14.7 Å². The summed E-state index contributed by atoms with van der Waals surface area (Å²) in [5.41, 5.74) is 2.36. The lowest BCUT2D eigenvalue weighted by atomic mass is 9.98. The number of rotatable bonds is 7. The van der Waals surface area contributed by atoms with Crippen molar-refractivity contribution in [3.63, 3.8) is 0 Å². The molecule has 7 heteroatoms. The summed E-state index contributed by atoms with van der Waals surface area (Å²) in [5, 5.41) is 19.6. The first-order chi connectivity index (χ1) is 15.8. The number of fused-ring (bicyclic) bond motifs is 1. The molecule has 0 radical (unpaired) electrons. The molecule has 1 saturated heterocycles. The Labute approximate surface area is 187 Å². The van der Waals surface area contributed by atoms with Crippen LogP contribution in [-0.4, -0.2) is 70.6 Å². The lowest BCUT2D eigenvalue weighted by molar-refractivity contribution is 0.0667. The van der Waals surface area contributed by atoms with Gasteiger partial charge in [0.1, 0.15) is 24.8 Å². The lowest BCUT2D eigenvalue weighted by Gasteiger charge is -2.35. The Hall–Kier alpha value is -3.42. The van der Waals surface area contributed by atoms with Crippen LogP contribution in [0.5, 0.6) is 5.75 Å². The highest BCUT2D eigenvalue weighted by Crippen LogP contribution is 2.34. The second kappa shape index (κ2) is 9.38. The molecule has 0 aliphatic carbocycles. The molecule has 4 aromatic rings. The van der Waals surface area contributed by atoms with Crippen molar-refractivity contribution in [2.45, 2.75) is 6.10 Å². The van der Waals surface area contributed by atoms with Crippen LogP contribution >= 0.6 is 0 Å². The van der Waals surface area contributed by atoms with Crippen LogP contribution in [0, 0.1) is 0 Å². The van der Waals surface area contributed by atoms with Crippen LogP contribution in [0.25, 0.3) is 21.9 Å². The Kier molecular flexibility index (Phi) is 6.00. The molecule has 2 heterocycles. The van der Waals surface area contributed by atoms with Gasteiger partial charge in [-0.25, -0.2) is 5.10 Å². The summed E-state index contributed by atoms with van der Waals surface area (Å²) in [6.45, 7) is 4.29. The summed E-state index contributed by atoms with van der Waals surface area (Å²) >= 11 is 0.